The molecule has 0 radical (unpaired) electrons. The van der Waals surface area contributed by atoms with Crippen molar-refractivity contribution >= 4 is 6.09 Å². The lowest BCUT2D eigenvalue weighted by molar-refractivity contribution is 0.0982. The summed E-state index contributed by atoms with van der Waals surface area (Å²) in [5.74, 6) is 0.677. The highest BCUT2D eigenvalue weighted by Gasteiger charge is 2.49. The summed E-state index contributed by atoms with van der Waals surface area (Å²) in [6.07, 6.45) is 7.54. The summed E-state index contributed by atoms with van der Waals surface area (Å²) in [7, 11) is 0. The molecule has 0 bridgehead atoms. The normalized spacial score (nSPS) is 29.9. The molecule has 1 aromatic rings. The lowest BCUT2D eigenvalue weighted by atomic mass is 9.85. The van der Waals surface area contributed by atoms with Gasteiger partial charge in [-0.05, 0) is 37.8 Å². The largest absolute Gasteiger partial charge is 0.443 e. The second-order valence-corrected chi connectivity index (χ2v) is 6.53. The van der Waals surface area contributed by atoms with Crippen LogP contribution in [0.2, 0.25) is 0 Å². The Balaban J connectivity index is 1.65. The van der Waals surface area contributed by atoms with Crippen LogP contribution in [0.3, 0.4) is 0 Å². The molecule has 2 aliphatic heterocycles. The van der Waals surface area contributed by atoms with Gasteiger partial charge in [0.2, 0.25) is 0 Å². The van der Waals surface area contributed by atoms with Crippen molar-refractivity contribution < 1.29 is 9.53 Å². The third kappa shape index (κ3) is 2.46. The molecule has 2 fully saturated rings. The average molecular weight is 277 g/mol. The molecule has 110 valence electrons. The predicted molar refractivity (Wildman–Crippen MR) is 75.5 cm³/mol. The maximum absolute atomic E-state index is 12.0. The second kappa shape index (κ2) is 5.20. The maximum atomic E-state index is 12.0. The first kappa shape index (κ1) is 13.6. The van der Waals surface area contributed by atoms with E-state index >= 15 is 0 Å². The summed E-state index contributed by atoms with van der Waals surface area (Å²) in [5, 5.41) is 3.92. The number of hydrogen-bond donors (Lipinski definition) is 0. The van der Waals surface area contributed by atoms with Crippen molar-refractivity contribution in [3.05, 3.63) is 18.5 Å². The lowest BCUT2D eigenvalue weighted by Crippen LogP contribution is -2.39. The molecule has 2 saturated heterocycles. The molecular weight excluding hydrogens is 254 g/mol. The van der Waals surface area contributed by atoms with Crippen LogP contribution in [0.15, 0.2) is 18.5 Å². The number of carbonyl (C=O) groups is 1. The van der Waals surface area contributed by atoms with Gasteiger partial charge in [-0.3, -0.25) is 4.90 Å². The molecule has 0 aromatic carbocycles. The second-order valence-electron chi connectivity index (χ2n) is 6.53. The minimum Gasteiger partial charge on any atom is -0.443 e. The Labute approximate surface area is 119 Å². The SMILES string of the molecule is CC(C)C[C@@]12CCCN1C[C@@H](OC(=O)n1cccn1)C2. The average Bonchev–Trinajstić information content (AvgIpc) is 3.02. The summed E-state index contributed by atoms with van der Waals surface area (Å²) < 4.78 is 6.88. The van der Waals surface area contributed by atoms with Crippen LogP contribution >= 0.6 is 0 Å². The fraction of sp³-hybridized carbons (Fsp3) is 0.733. The van der Waals surface area contributed by atoms with Gasteiger partial charge in [-0.2, -0.15) is 9.78 Å². The van der Waals surface area contributed by atoms with E-state index in [1.54, 1.807) is 18.5 Å². The maximum Gasteiger partial charge on any atom is 0.434 e. The Morgan fingerprint density at radius 1 is 1.55 bits per heavy atom. The summed E-state index contributed by atoms with van der Waals surface area (Å²) in [5.41, 5.74) is 0.267. The van der Waals surface area contributed by atoms with E-state index in [0.717, 1.165) is 19.5 Å². The molecule has 1 aromatic heterocycles. The van der Waals surface area contributed by atoms with E-state index in [1.807, 2.05) is 0 Å². The molecular formula is C15H23N3O2. The number of ether oxygens (including phenoxy) is 1. The molecule has 0 saturated carbocycles. The number of carbonyl (C=O) groups excluding carboxylic acids is 1. The highest BCUT2D eigenvalue weighted by Crippen LogP contribution is 2.44. The monoisotopic (exact) mass is 277 g/mol. The third-order valence-electron chi connectivity index (χ3n) is 4.52. The van der Waals surface area contributed by atoms with Crippen molar-refractivity contribution in [1.82, 2.24) is 14.7 Å². The highest BCUT2D eigenvalue weighted by atomic mass is 16.6. The lowest BCUT2D eigenvalue weighted by Gasteiger charge is -2.33. The van der Waals surface area contributed by atoms with Gasteiger partial charge in [-0.15, -0.1) is 0 Å². The number of rotatable bonds is 3. The van der Waals surface area contributed by atoms with E-state index in [-0.39, 0.29) is 17.7 Å². The van der Waals surface area contributed by atoms with Gasteiger partial charge in [0.05, 0.1) is 0 Å². The van der Waals surface area contributed by atoms with Crippen molar-refractivity contribution in [3.8, 4) is 0 Å². The van der Waals surface area contributed by atoms with Gasteiger partial charge in [0.15, 0.2) is 0 Å². The van der Waals surface area contributed by atoms with Gasteiger partial charge in [-0.25, -0.2) is 4.79 Å². The zero-order valence-electron chi connectivity index (χ0n) is 12.3. The van der Waals surface area contributed by atoms with E-state index in [1.165, 1.54) is 23.9 Å². The quantitative estimate of drug-likeness (QED) is 0.851. The van der Waals surface area contributed by atoms with Gasteiger partial charge in [0, 0.05) is 30.9 Å². The number of hydrogen-bond acceptors (Lipinski definition) is 4. The van der Waals surface area contributed by atoms with Crippen molar-refractivity contribution in [3.63, 3.8) is 0 Å². The predicted octanol–water partition coefficient (Wildman–Crippen LogP) is 2.52. The topological polar surface area (TPSA) is 47.4 Å². The Kier molecular flexibility index (Phi) is 3.54. The van der Waals surface area contributed by atoms with Crippen molar-refractivity contribution in [2.24, 2.45) is 5.92 Å². The van der Waals surface area contributed by atoms with Gasteiger partial charge < -0.3 is 4.74 Å². The summed E-state index contributed by atoms with van der Waals surface area (Å²) in [4.78, 5) is 14.5. The van der Waals surface area contributed by atoms with Crippen LogP contribution in [0.5, 0.6) is 0 Å². The van der Waals surface area contributed by atoms with Gasteiger partial charge >= 0.3 is 6.09 Å². The van der Waals surface area contributed by atoms with Crippen LogP contribution in [0.1, 0.15) is 39.5 Å². The van der Waals surface area contributed by atoms with E-state index < -0.39 is 0 Å². The number of nitrogens with zero attached hydrogens (tertiary/aromatic N) is 3. The first-order valence-electron chi connectivity index (χ1n) is 7.55. The Hall–Kier alpha value is -1.36. The van der Waals surface area contributed by atoms with Gasteiger partial charge in [0.25, 0.3) is 0 Å². The molecule has 0 spiro atoms. The Morgan fingerprint density at radius 2 is 2.40 bits per heavy atom. The molecule has 5 nitrogen and oxygen atoms in total. The van der Waals surface area contributed by atoms with Crippen LogP contribution in [-0.4, -0.2) is 45.5 Å². The minimum atomic E-state index is -0.360. The van der Waals surface area contributed by atoms with Gasteiger partial charge in [-0.1, -0.05) is 13.8 Å². The first-order valence-corrected chi connectivity index (χ1v) is 7.55. The molecule has 20 heavy (non-hydrogen) atoms. The molecule has 3 heterocycles. The van der Waals surface area contributed by atoms with Gasteiger partial charge in [0.1, 0.15) is 6.10 Å². The molecule has 0 amide bonds. The van der Waals surface area contributed by atoms with E-state index in [4.69, 9.17) is 4.74 Å². The summed E-state index contributed by atoms with van der Waals surface area (Å²) >= 11 is 0. The van der Waals surface area contributed by atoms with Crippen LogP contribution < -0.4 is 0 Å². The molecule has 3 rings (SSSR count). The summed E-state index contributed by atoms with van der Waals surface area (Å²) in [6.45, 7) is 6.56. The fourth-order valence-electron chi connectivity index (χ4n) is 3.97. The molecule has 0 aliphatic carbocycles. The number of aromatic nitrogens is 2. The zero-order chi connectivity index (χ0) is 14.2. The molecule has 5 heteroatoms. The summed E-state index contributed by atoms with van der Waals surface area (Å²) in [6, 6.07) is 1.73. The van der Waals surface area contributed by atoms with Crippen molar-refractivity contribution in [2.75, 3.05) is 13.1 Å². The van der Waals surface area contributed by atoms with Crippen molar-refractivity contribution in [1.29, 1.82) is 0 Å². The third-order valence-corrected chi connectivity index (χ3v) is 4.52. The molecule has 2 atom stereocenters. The fourth-order valence-corrected chi connectivity index (χ4v) is 3.97. The van der Waals surface area contributed by atoms with Crippen LogP contribution in [0, 0.1) is 5.92 Å². The van der Waals surface area contributed by atoms with E-state index in [0.29, 0.717) is 5.92 Å². The van der Waals surface area contributed by atoms with Crippen LogP contribution in [-0.2, 0) is 4.74 Å². The Bertz CT molecular complexity index is 471. The van der Waals surface area contributed by atoms with E-state index in [2.05, 4.69) is 23.8 Å². The Morgan fingerprint density at radius 3 is 3.10 bits per heavy atom. The molecule has 0 unspecified atom stereocenters. The first-order chi connectivity index (χ1) is 9.59. The standard InChI is InChI=1S/C15H23N3O2/c1-12(2)9-15-5-3-7-17(15)11-13(10-15)20-14(19)18-8-4-6-16-18/h4,6,8,12-13H,3,5,7,9-11H2,1-2H3/t13-,15+/m0/s1. The molecule has 2 aliphatic rings. The zero-order valence-corrected chi connectivity index (χ0v) is 12.3. The highest BCUT2D eigenvalue weighted by molar-refractivity contribution is 5.69. The number of fused-ring (bicyclic) bond motifs is 1. The van der Waals surface area contributed by atoms with Crippen LogP contribution in [0.25, 0.3) is 0 Å². The van der Waals surface area contributed by atoms with Crippen LogP contribution in [0.4, 0.5) is 4.79 Å². The molecule has 0 N–H and O–H groups in total. The van der Waals surface area contributed by atoms with Crippen molar-refractivity contribution in [2.45, 2.75) is 51.2 Å². The van der Waals surface area contributed by atoms with E-state index in [9.17, 15) is 4.79 Å². The minimum absolute atomic E-state index is 0.00532. The smallest absolute Gasteiger partial charge is 0.434 e.